The van der Waals surface area contributed by atoms with Gasteiger partial charge in [-0.3, -0.25) is 0 Å². The van der Waals surface area contributed by atoms with Gasteiger partial charge in [0.05, 0.1) is 6.61 Å². The summed E-state index contributed by atoms with van der Waals surface area (Å²) in [4.78, 5) is 11.2. The SMILES string of the molecule is Cc1cc(=O)oc2ccc(OCCCCBr)cc12. The van der Waals surface area contributed by atoms with E-state index in [0.717, 1.165) is 34.9 Å². The zero-order valence-corrected chi connectivity index (χ0v) is 11.8. The Bertz CT molecular complexity index is 589. The number of ether oxygens (including phenoxy) is 1. The topological polar surface area (TPSA) is 39.4 Å². The van der Waals surface area contributed by atoms with Crippen LogP contribution in [0.4, 0.5) is 0 Å². The number of halogens is 1. The van der Waals surface area contributed by atoms with Gasteiger partial charge in [0.15, 0.2) is 0 Å². The molecule has 0 saturated heterocycles. The first-order valence-electron chi connectivity index (χ1n) is 5.94. The van der Waals surface area contributed by atoms with Crippen molar-refractivity contribution < 1.29 is 9.15 Å². The minimum atomic E-state index is -0.314. The molecule has 0 radical (unpaired) electrons. The van der Waals surface area contributed by atoms with Gasteiger partial charge in [-0.15, -0.1) is 0 Å². The van der Waals surface area contributed by atoms with Crippen LogP contribution in [0.1, 0.15) is 18.4 Å². The minimum absolute atomic E-state index is 0.314. The van der Waals surface area contributed by atoms with Crippen LogP contribution in [0.25, 0.3) is 11.0 Å². The number of hydrogen-bond donors (Lipinski definition) is 0. The van der Waals surface area contributed by atoms with E-state index in [-0.39, 0.29) is 5.63 Å². The van der Waals surface area contributed by atoms with Gasteiger partial charge in [0.25, 0.3) is 0 Å². The van der Waals surface area contributed by atoms with Gasteiger partial charge in [-0.25, -0.2) is 4.79 Å². The van der Waals surface area contributed by atoms with E-state index in [2.05, 4.69) is 15.9 Å². The zero-order chi connectivity index (χ0) is 13.0. The van der Waals surface area contributed by atoms with Gasteiger partial charge in [0.2, 0.25) is 0 Å². The van der Waals surface area contributed by atoms with E-state index in [9.17, 15) is 4.79 Å². The number of aryl methyl sites for hydroxylation is 1. The number of benzene rings is 1. The number of fused-ring (bicyclic) bond motifs is 1. The lowest BCUT2D eigenvalue weighted by Gasteiger charge is -2.07. The number of unbranched alkanes of at least 4 members (excludes halogenated alkanes) is 1. The molecule has 3 nitrogen and oxygen atoms in total. The maximum absolute atomic E-state index is 11.2. The number of rotatable bonds is 5. The molecule has 0 atom stereocenters. The number of hydrogen-bond acceptors (Lipinski definition) is 3. The molecule has 0 aliphatic heterocycles. The first-order valence-corrected chi connectivity index (χ1v) is 7.06. The maximum Gasteiger partial charge on any atom is 0.336 e. The fourth-order valence-electron chi connectivity index (χ4n) is 1.77. The molecule has 0 unspecified atom stereocenters. The van der Waals surface area contributed by atoms with E-state index in [4.69, 9.17) is 9.15 Å². The molecule has 2 rings (SSSR count). The maximum atomic E-state index is 11.2. The molecule has 96 valence electrons. The average Bonchev–Trinajstić information content (AvgIpc) is 2.35. The summed E-state index contributed by atoms with van der Waals surface area (Å²) in [7, 11) is 0. The highest BCUT2D eigenvalue weighted by molar-refractivity contribution is 9.09. The monoisotopic (exact) mass is 310 g/mol. The molecule has 0 saturated carbocycles. The van der Waals surface area contributed by atoms with Crippen molar-refractivity contribution in [3.63, 3.8) is 0 Å². The van der Waals surface area contributed by atoms with Crippen LogP contribution in [-0.2, 0) is 0 Å². The van der Waals surface area contributed by atoms with Crippen LogP contribution in [0.5, 0.6) is 5.75 Å². The molecule has 18 heavy (non-hydrogen) atoms. The fraction of sp³-hybridized carbons (Fsp3) is 0.357. The highest BCUT2D eigenvalue weighted by atomic mass is 79.9. The van der Waals surface area contributed by atoms with E-state index < -0.39 is 0 Å². The van der Waals surface area contributed by atoms with E-state index in [1.165, 1.54) is 6.07 Å². The van der Waals surface area contributed by atoms with E-state index >= 15 is 0 Å². The Labute approximate surface area is 114 Å². The Kier molecular flexibility index (Phi) is 4.42. The molecule has 1 aromatic heterocycles. The van der Waals surface area contributed by atoms with Gasteiger partial charge in [-0.2, -0.15) is 0 Å². The molecule has 1 aromatic carbocycles. The normalized spacial score (nSPS) is 10.8. The standard InChI is InChI=1S/C14H15BrO3/c1-10-8-14(16)18-13-5-4-11(9-12(10)13)17-7-3-2-6-15/h4-5,8-9H,2-3,6-7H2,1H3. The van der Waals surface area contributed by atoms with Gasteiger partial charge in [-0.05, 0) is 43.5 Å². The van der Waals surface area contributed by atoms with Crippen molar-refractivity contribution in [1.82, 2.24) is 0 Å². The molecule has 0 fully saturated rings. The van der Waals surface area contributed by atoms with Crippen LogP contribution < -0.4 is 10.4 Å². The third-order valence-electron chi connectivity index (χ3n) is 2.72. The summed E-state index contributed by atoms with van der Waals surface area (Å²) in [6.07, 6.45) is 2.12. The fourth-order valence-corrected chi connectivity index (χ4v) is 2.17. The van der Waals surface area contributed by atoms with Crippen molar-refractivity contribution in [2.24, 2.45) is 0 Å². The summed E-state index contributed by atoms with van der Waals surface area (Å²) < 4.78 is 10.8. The summed E-state index contributed by atoms with van der Waals surface area (Å²) >= 11 is 3.39. The van der Waals surface area contributed by atoms with Crippen molar-refractivity contribution >= 4 is 26.9 Å². The van der Waals surface area contributed by atoms with Crippen LogP contribution in [0, 0.1) is 6.92 Å². The summed E-state index contributed by atoms with van der Waals surface area (Å²) in [5.41, 5.74) is 1.20. The highest BCUT2D eigenvalue weighted by Gasteiger charge is 2.03. The smallest absolute Gasteiger partial charge is 0.336 e. The van der Waals surface area contributed by atoms with Crippen LogP contribution in [0.15, 0.2) is 33.5 Å². The molecule has 0 N–H and O–H groups in total. The van der Waals surface area contributed by atoms with Gasteiger partial charge < -0.3 is 9.15 Å². The molecular weight excluding hydrogens is 296 g/mol. The molecule has 4 heteroatoms. The summed E-state index contributed by atoms with van der Waals surface area (Å²) in [6, 6.07) is 7.03. The first-order chi connectivity index (χ1) is 8.70. The lowest BCUT2D eigenvalue weighted by molar-refractivity contribution is 0.310. The molecular formula is C14H15BrO3. The predicted molar refractivity (Wildman–Crippen MR) is 75.7 cm³/mol. The Hall–Kier alpha value is -1.29. The third-order valence-corrected chi connectivity index (χ3v) is 3.28. The Balaban J connectivity index is 2.19. The average molecular weight is 311 g/mol. The summed E-state index contributed by atoms with van der Waals surface area (Å²) in [5, 5.41) is 1.92. The second-order valence-electron chi connectivity index (χ2n) is 4.15. The summed E-state index contributed by atoms with van der Waals surface area (Å²) in [6.45, 7) is 2.60. The van der Waals surface area contributed by atoms with Gasteiger partial charge in [0.1, 0.15) is 11.3 Å². The second kappa shape index (κ2) is 6.05. The molecule has 1 heterocycles. The minimum Gasteiger partial charge on any atom is -0.494 e. The van der Waals surface area contributed by atoms with Crippen LogP contribution in [-0.4, -0.2) is 11.9 Å². The van der Waals surface area contributed by atoms with E-state index in [0.29, 0.717) is 12.2 Å². The zero-order valence-electron chi connectivity index (χ0n) is 10.2. The predicted octanol–water partition coefficient (Wildman–Crippen LogP) is 3.66. The molecule has 0 aliphatic rings. The lowest BCUT2D eigenvalue weighted by Crippen LogP contribution is -2.00. The van der Waals surface area contributed by atoms with Crippen molar-refractivity contribution in [1.29, 1.82) is 0 Å². The Morgan fingerprint density at radius 1 is 1.28 bits per heavy atom. The van der Waals surface area contributed by atoms with Gasteiger partial charge >= 0.3 is 5.63 Å². The summed E-state index contributed by atoms with van der Waals surface area (Å²) in [5.74, 6) is 0.814. The second-order valence-corrected chi connectivity index (χ2v) is 4.94. The molecule has 0 bridgehead atoms. The third kappa shape index (κ3) is 3.13. The van der Waals surface area contributed by atoms with Crippen molar-refractivity contribution in [2.75, 3.05) is 11.9 Å². The van der Waals surface area contributed by atoms with Gasteiger partial charge in [0, 0.05) is 16.8 Å². The first kappa shape index (κ1) is 13.1. The highest BCUT2D eigenvalue weighted by Crippen LogP contribution is 2.22. The lowest BCUT2D eigenvalue weighted by atomic mass is 10.1. The Morgan fingerprint density at radius 2 is 2.11 bits per heavy atom. The number of alkyl halides is 1. The van der Waals surface area contributed by atoms with Gasteiger partial charge in [-0.1, -0.05) is 15.9 Å². The van der Waals surface area contributed by atoms with Crippen molar-refractivity contribution in [3.05, 3.63) is 40.2 Å². The quantitative estimate of drug-likeness (QED) is 0.481. The molecule has 2 aromatic rings. The largest absolute Gasteiger partial charge is 0.494 e. The van der Waals surface area contributed by atoms with Crippen molar-refractivity contribution in [2.45, 2.75) is 19.8 Å². The molecule has 0 aliphatic carbocycles. The van der Waals surface area contributed by atoms with Crippen LogP contribution >= 0.6 is 15.9 Å². The van der Waals surface area contributed by atoms with Crippen LogP contribution in [0.3, 0.4) is 0 Å². The Morgan fingerprint density at radius 3 is 2.89 bits per heavy atom. The van der Waals surface area contributed by atoms with E-state index in [1.54, 1.807) is 6.07 Å². The van der Waals surface area contributed by atoms with Crippen molar-refractivity contribution in [3.8, 4) is 5.75 Å². The molecule has 0 spiro atoms. The van der Waals surface area contributed by atoms with E-state index in [1.807, 2.05) is 19.1 Å². The van der Waals surface area contributed by atoms with Crippen LogP contribution in [0.2, 0.25) is 0 Å². The molecule has 0 amide bonds.